The van der Waals surface area contributed by atoms with Crippen molar-refractivity contribution >= 4 is 23.2 Å². The van der Waals surface area contributed by atoms with Crippen molar-refractivity contribution in [3.05, 3.63) is 54.2 Å². The van der Waals surface area contributed by atoms with Gasteiger partial charge in [-0.1, -0.05) is 13.5 Å². The first kappa shape index (κ1) is 19.1. The second-order valence-electron chi connectivity index (χ2n) is 6.81. The summed E-state index contributed by atoms with van der Waals surface area (Å²) in [5.74, 6) is 0.492. The van der Waals surface area contributed by atoms with E-state index in [0.717, 1.165) is 10.5 Å². The molecule has 1 aromatic heterocycles. The van der Waals surface area contributed by atoms with Crippen LogP contribution in [-0.2, 0) is 4.79 Å². The number of amides is 3. The molecule has 1 aliphatic rings. The van der Waals surface area contributed by atoms with Crippen LogP contribution in [0.4, 0.5) is 10.5 Å². The molecule has 0 unspecified atom stereocenters. The van der Waals surface area contributed by atoms with E-state index < -0.39 is 11.6 Å². The predicted octanol–water partition coefficient (Wildman–Crippen LogP) is 4.00. The minimum atomic E-state index is -0.909. The zero-order chi connectivity index (χ0) is 20.5. The number of hydrogen-bond acceptors (Lipinski definition) is 5. The summed E-state index contributed by atoms with van der Waals surface area (Å²) in [7, 11) is 0. The molecule has 2 heterocycles. The Balaban J connectivity index is 1.82. The third kappa shape index (κ3) is 3.32. The lowest BCUT2D eigenvalue weighted by Crippen LogP contribution is -2.43. The maximum Gasteiger partial charge on any atom is 0.329 e. The summed E-state index contributed by atoms with van der Waals surface area (Å²) in [6.07, 6.45) is 1.91. The number of nitriles is 1. The number of hydrogen-bond donors (Lipinski definition) is 1. The van der Waals surface area contributed by atoms with Crippen molar-refractivity contribution in [1.29, 1.82) is 5.26 Å². The Kier molecular flexibility index (Phi) is 4.89. The molecule has 7 nitrogen and oxygen atoms in total. The Labute approximate surface area is 163 Å². The number of carbonyl (C=O) groups is 2. The summed E-state index contributed by atoms with van der Waals surface area (Å²) in [5, 5.41) is 11.9. The van der Waals surface area contributed by atoms with Crippen LogP contribution in [0.25, 0.3) is 5.57 Å². The van der Waals surface area contributed by atoms with Gasteiger partial charge in [0.05, 0.1) is 23.5 Å². The first-order chi connectivity index (χ1) is 13.3. The minimum Gasteiger partial charge on any atom is -0.439 e. The monoisotopic (exact) mass is 376 g/mol. The van der Waals surface area contributed by atoms with Crippen molar-refractivity contribution in [1.82, 2.24) is 10.3 Å². The highest BCUT2D eigenvalue weighted by Gasteiger charge is 2.47. The molecule has 0 saturated carbocycles. The van der Waals surface area contributed by atoms with Crippen LogP contribution in [0.15, 0.2) is 43.1 Å². The highest BCUT2D eigenvalue weighted by molar-refractivity contribution is 6.23. The molecule has 3 rings (SSSR count). The van der Waals surface area contributed by atoms with Gasteiger partial charge in [-0.2, -0.15) is 5.26 Å². The molecule has 2 aromatic rings. The number of nitrogens with one attached hydrogen (secondary N) is 1. The van der Waals surface area contributed by atoms with Gasteiger partial charge in [-0.05, 0) is 55.7 Å². The zero-order valence-corrected chi connectivity index (χ0v) is 15.9. The van der Waals surface area contributed by atoms with E-state index in [1.165, 1.54) is 6.20 Å². The van der Waals surface area contributed by atoms with E-state index in [1.54, 1.807) is 37.3 Å². The Bertz CT molecular complexity index is 1010. The maximum absolute atomic E-state index is 12.6. The van der Waals surface area contributed by atoms with Crippen LogP contribution in [0.1, 0.15) is 38.3 Å². The molecule has 1 atom stereocenters. The van der Waals surface area contributed by atoms with E-state index in [-0.39, 0.29) is 5.91 Å². The summed E-state index contributed by atoms with van der Waals surface area (Å²) in [6, 6.07) is 9.88. The number of carbonyl (C=O) groups excluding carboxylic acids is 2. The molecule has 7 heteroatoms. The van der Waals surface area contributed by atoms with Gasteiger partial charge in [0.2, 0.25) is 5.88 Å². The first-order valence-electron chi connectivity index (χ1n) is 8.79. The van der Waals surface area contributed by atoms with Crippen LogP contribution < -0.4 is 15.0 Å². The average Bonchev–Trinajstić information content (AvgIpc) is 2.91. The van der Waals surface area contributed by atoms with Crippen LogP contribution in [0.5, 0.6) is 11.6 Å². The lowest BCUT2D eigenvalue weighted by atomic mass is 9.99. The normalized spacial score (nSPS) is 18.6. The molecule has 142 valence electrons. The van der Waals surface area contributed by atoms with E-state index in [1.807, 2.05) is 13.8 Å². The van der Waals surface area contributed by atoms with E-state index in [2.05, 4.69) is 22.9 Å². The van der Waals surface area contributed by atoms with Gasteiger partial charge in [-0.25, -0.2) is 14.7 Å². The SMILES string of the molecule is C=C(C)c1cc(Oc2ccc(N3C(=O)N[C@](C)(CC)C3=O)cn2)ccc1C#N. The number of allylic oxidation sites excluding steroid dienone is 1. The number of ether oxygens (including phenoxy) is 1. The number of urea groups is 1. The summed E-state index contributed by atoms with van der Waals surface area (Å²) < 4.78 is 5.74. The van der Waals surface area contributed by atoms with Gasteiger partial charge in [-0.15, -0.1) is 0 Å². The molecule has 28 heavy (non-hydrogen) atoms. The Morgan fingerprint density at radius 1 is 1.36 bits per heavy atom. The molecule has 3 amide bonds. The number of anilines is 1. The first-order valence-corrected chi connectivity index (χ1v) is 8.79. The van der Waals surface area contributed by atoms with Crippen molar-refractivity contribution < 1.29 is 14.3 Å². The number of nitrogens with zero attached hydrogens (tertiary/aromatic N) is 3. The zero-order valence-electron chi connectivity index (χ0n) is 15.9. The number of benzene rings is 1. The van der Waals surface area contributed by atoms with Crippen molar-refractivity contribution in [3.8, 4) is 17.7 Å². The van der Waals surface area contributed by atoms with Gasteiger partial charge in [0.1, 0.15) is 11.3 Å². The van der Waals surface area contributed by atoms with Crippen molar-refractivity contribution in [2.75, 3.05) is 4.90 Å². The molecular formula is C21H20N4O3. The predicted molar refractivity (Wildman–Crippen MR) is 105 cm³/mol. The maximum atomic E-state index is 12.6. The fourth-order valence-electron chi connectivity index (χ4n) is 2.88. The number of pyridine rings is 1. The minimum absolute atomic E-state index is 0.298. The van der Waals surface area contributed by atoms with Crippen molar-refractivity contribution in [2.24, 2.45) is 0 Å². The van der Waals surface area contributed by atoms with Gasteiger partial charge < -0.3 is 10.1 Å². The van der Waals surface area contributed by atoms with Crippen molar-refractivity contribution in [2.45, 2.75) is 32.7 Å². The van der Waals surface area contributed by atoms with Crippen LogP contribution in [-0.4, -0.2) is 22.5 Å². The topological polar surface area (TPSA) is 95.3 Å². The van der Waals surface area contributed by atoms with E-state index >= 15 is 0 Å². The van der Waals surface area contributed by atoms with Crippen molar-refractivity contribution in [3.63, 3.8) is 0 Å². The van der Waals surface area contributed by atoms with Crippen LogP contribution >= 0.6 is 0 Å². The summed E-state index contributed by atoms with van der Waals surface area (Å²) >= 11 is 0. The lowest BCUT2D eigenvalue weighted by Gasteiger charge is -2.19. The van der Waals surface area contributed by atoms with Gasteiger partial charge >= 0.3 is 6.03 Å². The molecule has 0 spiro atoms. The molecule has 0 radical (unpaired) electrons. The molecule has 0 aliphatic carbocycles. The second kappa shape index (κ2) is 7.16. The molecular weight excluding hydrogens is 356 g/mol. The van der Waals surface area contributed by atoms with Gasteiger partial charge in [0.15, 0.2) is 0 Å². The fourth-order valence-corrected chi connectivity index (χ4v) is 2.88. The van der Waals surface area contributed by atoms with Crippen LogP contribution in [0.2, 0.25) is 0 Å². The number of rotatable bonds is 5. The highest BCUT2D eigenvalue weighted by atomic mass is 16.5. The van der Waals surface area contributed by atoms with Gasteiger partial charge in [0.25, 0.3) is 5.91 Å². The summed E-state index contributed by atoms with van der Waals surface area (Å²) in [6.45, 7) is 9.23. The third-order valence-electron chi connectivity index (χ3n) is 4.74. The largest absolute Gasteiger partial charge is 0.439 e. The third-order valence-corrected chi connectivity index (χ3v) is 4.74. The van der Waals surface area contributed by atoms with Gasteiger partial charge in [0, 0.05) is 6.07 Å². The molecule has 0 bridgehead atoms. The van der Waals surface area contributed by atoms with E-state index in [4.69, 9.17) is 4.74 Å². The molecule has 1 aromatic carbocycles. The number of aromatic nitrogens is 1. The molecule has 1 N–H and O–H groups in total. The summed E-state index contributed by atoms with van der Waals surface area (Å²) in [4.78, 5) is 30.0. The summed E-state index contributed by atoms with van der Waals surface area (Å²) in [5.41, 5.74) is 1.43. The molecule has 1 aliphatic heterocycles. The Hall–Kier alpha value is -3.66. The molecule has 1 fully saturated rings. The standard InChI is InChI=1S/C21H20N4O3/c1-5-21(4)19(26)25(20(27)24-21)15-7-9-18(23-12-15)28-16-8-6-14(11-22)17(10-16)13(2)3/h6-10,12H,2,5H2,1,3-4H3,(H,24,27)/t21-/m1/s1. The quantitative estimate of drug-likeness (QED) is 0.796. The molecule has 1 saturated heterocycles. The van der Waals surface area contributed by atoms with Gasteiger partial charge in [-0.3, -0.25) is 4.79 Å². The number of imide groups is 1. The highest BCUT2D eigenvalue weighted by Crippen LogP contribution is 2.29. The average molecular weight is 376 g/mol. The Morgan fingerprint density at radius 3 is 2.64 bits per heavy atom. The van der Waals surface area contributed by atoms with Crippen LogP contribution in [0.3, 0.4) is 0 Å². The fraction of sp³-hybridized carbons (Fsp3) is 0.238. The second-order valence-corrected chi connectivity index (χ2v) is 6.81. The lowest BCUT2D eigenvalue weighted by molar-refractivity contribution is -0.121. The van der Waals surface area contributed by atoms with Crippen LogP contribution in [0, 0.1) is 11.3 Å². The van der Waals surface area contributed by atoms with E-state index in [0.29, 0.717) is 34.9 Å². The smallest absolute Gasteiger partial charge is 0.329 e. The Morgan fingerprint density at radius 2 is 2.11 bits per heavy atom. The van der Waals surface area contributed by atoms with E-state index in [9.17, 15) is 14.9 Å².